The van der Waals surface area contributed by atoms with E-state index in [4.69, 9.17) is 16.7 Å². The fourth-order valence-electron chi connectivity index (χ4n) is 1.48. The summed E-state index contributed by atoms with van der Waals surface area (Å²) < 4.78 is 13.0. The molecule has 1 rings (SSSR count). The number of aliphatic carboxylic acids is 1. The van der Waals surface area contributed by atoms with Crippen LogP contribution in [-0.4, -0.2) is 11.1 Å². The van der Waals surface area contributed by atoms with E-state index in [0.717, 1.165) is 5.56 Å². The van der Waals surface area contributed by atoms with Crippen LogP contribution in [0.1, 0.15) is 32.3 Å². The minimum atomic E-state index is -0.832. The summed E-state index contributed by atoms with van der Waals surface area (Å²) in [5, 5.41) is 8.71. The third-order valence-corrected chi connectivity index (χ3v) is 2.95. The maximum absolute atomic E-state index is 13.0. The molecule has 16 heavy (non-hydrogen) atoms. The van der Waals surface area contributed by atoms with Gasteiger partial charge in [0.2, 0.25) is 0 Å². The number of benzene rings is 1. The molecule has 2 nitrogen and oxygen atoms in total. The molecule has 0 radical (unpaired) electrons. The number of carbonyl (C=O) groups is 1. The average Bonchev–Trinajstić information content (AvgIpc) is 2.19. The monoisotopic (exact) mass is 244 g/mol. The highest BCUT2D eigenvalue weighted by molar-refractivity contribution is 6.30. The third kappa shape index (κ3) is 3.20. The Balaban J connectivity index is 2.88. The van der Waals surface area contributed by atoms with Crippen molar-refractivity contribution in [3.63, 3.8) is 0 Å². The maximum Gasteiger partial charge on any atom is 0.303 e. The van der Waals surface area contributed by atoms with Gasteiger partial charge in [-0.25, -0.2) is 4.39 Å². The van der Waals surface area contributed by atoms with E-state index in [0.29, 0.717) is 6.42 Å². The van der Waals surface area contributed by atoms with Gasteiger partial charge in [0.15, 0.2) is 0 Å². The van der Waals surface area contributed by atoms with Crippen LogP contribution in [-0.2, 0) is 10.2 Å². The number of halogens is 2. The van der Waals surface area contributed by atoms with Crippen LogP contribution in [0.2, 0.25) is 5.02 Å². The quantitative estimate of drug-likeness (QED) is 0.878. The molecule has 0 aliphatic heterocycles. The maximum atomic E-state index is 13.0. The summed E-state index contributed by atoms with van der Waals surface area (Å²) in [4.78, 5) is 10.5. The highest BCUT2D eigenvalue weighted by Gasteiger charge is 2.22. The Morgan fingerprint density at radius 3 is 2.62 bits per heavy atom. The van der Waals surface area contributed by atoms with Gasteiger partial charge in [0.25, 0.3) is 0 Å². The van der Waals surface area contributed by atoms with Gasteiger partial charge in [0.1, 0.15) is 5.82 Å². The van der Waals surface area contributed by atoms with Crippen LogP contribution in [0.25, 0.3) is 0 Å². The molecule has 0 unspecified atom stereocenters. The van der Waals surface area contributed by atoms with E-state index in [1.165, 1.54) is 6.07 Å². The molecule has 1 aromatic carbocycles. The van der Waals surface area contributed by atoms with E-state index in [9.17, 15) is 9.18 Å². The van der Waals surface area contributed by atoms with Gasteiger partial charge in [-0.05, 0) is 29.5 Å². The van der Waals surface area contributed by atoms with E-state index < -0.39 is 11.8 Å². The third-order valence-electron chi connectivity index (χ3n) is 2.66. The Labute approximate surface area is 99.0 Å². The van der Waals surface area contributed by atoms with Gasteiger partial charge in [-0.1, -0.05) is 31.5 Å². The van der Waals surface area contributed by atoms with Crippen molar-refractivity contribution in [2.24, 2.45) is 0 Å². The van der Waals surface area contributed by atoms with E-state index in [1.54, 1.807) is 12.1 Å². The predicted octanol–water partition coefficient (Wildman–Crippen LogP) is 3.62. The van der Waals surface area contributed by atoms with Crippen molar-refractivity contribution in [2.45, 2.75) is 32.1 Å². The number of carboxylic acid groups (broad SMARTS) is 1. The van der Waals surface area contributed by atoms with Crippen molar-refractivity contribution in [3.05, 3.63) is 34.6 Å². The van der Waals surface area contributed by atoms with Gasteiger partial charge < -0.3 is 5.11 Å². The molecule has 0 aliphatic rings. The smallest absolute Gasteiger partial charge is 0.303 e. The van der Waals surface area contributed by atoms with Crippen LogP contribution in [0.15, 0.2) is 18.2 Å². The summed E-state index contributed by atoms with van der Waals surface area (Å²) in [6.45, 7) is 3.83. The number of rotatable bonds is 4. The largest absolute Gasteiger partial charge is 0.481 e. The van der Waals surface area contributed by atoms with E-state index >= 15 is 0 Å². The summed E-state index contributed by atoms with van der Waals surface area (Å²) in [6.07, 6.45) is 0.576. The first kappa shape index (κ1) is 13.0. The zero-order valence-electron chi connectivity index (χ0n) is 9.26. The van der Waals surface area contributed by atoms with Crippen LogP contribution < -0.4 is 0 Å². The Bertz CT molecular complexity index is 402. The SMILES string of the molecule is CC(C)(CCC(=O)O)c1ccc(F)c(Cl)c1. The van der Waals surface area contributed by atoms with Gasteiger partial charge in [-0.15, -0.1) is 0 Å². The van der Waals surface area contributed by atoms with Gasteiger partial charge in [0, 0.05) is 6.42 Å². The Kier molecular flexibility index (Phi) is 3.92. The molecule has 0 atom stereocenters. The van der Waals surface area contributed by atoms with E-state index in [1.807, 2.05) is 13.8 Å². The van der Waals surface area contributed by atoms with Crippen LogP contribution in [0, 0.1) is 5.82 Å². The zero-order valence-corrected chi connectivity index (χ0v) is 10.0. The molecule has 1 N–H and O–H groups in total. The van der Waals surface area contributed by atoms with Crippen molar-refractivity contribution in [1.29, 1.82) is 0 Å². The summed E-state index contributed by atoms with van der Waals surface area (Å²) >= 11 is 5.69. The lowest BCUT2D eigenvalue weighted by molar-refractivity contribution is -0.137. The first-order chi connectivity index (χ1) is 7.33. The molecule has 0 spiro atoms. The topological polar surface area (TPSA) is 37.3 Å². The van der Waals surface area contributed by atoms with Gasteiger partial charge in [-0.3, -0.25) is 4.79 Å². The Morgan fingerprint density at radius 1 is 1.50 bits per heavy atom. The number of hydrogen-bond acceptors (Lipinski definition) is 1. The second-order valence-electron chi connectivity index (χ2n) is 4.41. The molecule has 1 aromatic rings. The van der Waals surface area contributed by atoms with Gasteiger partial charge in [0.05, 0.1) is 5.02 Å². The molecule has 4 heteroatoms. The van der Waals surface area contributed by atoms with Crippen molar-refractivity contribution in [2.75, 3.05) is 0 Å². The summed E-state index contributed by atoms with van der Waals surface area (Å²) in [7, 11) is 0. The lowest BCUT2D eigenvalue weighted by Crippen LogP contribution is -2.18. The predicted molar refractivity (Wildman–Crippen MR) is 61.3 cm³/mol. The number of hydrogen-bond donors (Lipinski definition) is 1. The van der Waals surface area contributed by atoms with Crippen LogP contribution in [0.5, 0.6) is 0 Å². The summed E-state index contributed by atoms with van der Waals surface area (Å²) in [6, 6.07) is 4.50. The molecular weight excluding hydrogens is 231 g/mol. The van der Waals surface area contributed by atoms with E-state index in [-0.39, 0.29) is 16.9 Å². The molecular formula is C12H14ClFO2. The lowest BCUT2D eigenvalue weighted by atomic mass is 9.80. The highest BCUT2D eigenvalue weighted by atomic mass is 35.5. The fraction of sp³-hybridized carbons (Fsp3) is 0.417. The minimum absolute atomic E-state index is 0.0703. The minimum Gasteiger partial charge on any atom is -0.481 e. The molecule has 88 valence electrons. The second kappa shape index (κ2) is 4.83. The molecule has 0 saturated carbocycles. The van der Waals surface area contributed by atoms with Crippen molar-refractivity contribution in [3.8, 4) is 0 Å². The Hall–Kier alpha value is -1.09. The highest BCUT2D eigenvalue weighted by Crippen LogP contribution is 2.30. The average molecular weight is 245 g/mol. The van der Waals surface area contributed by atoms with Gasteiger partial charge in [-0.2, -0.15) is 0 Å². The van der Waals surface area contributed by atoms with Crippen molar-refractivity contribution in [1.82, 2.24) is 0 Å². The first-order valence-electron chi connectivity index (χ1n) is 5.00. The summed E-state index contributed by atoms with van der Waals surface area (Å²) in [5.41, 5.74) is 0.524. The molecule has 0 saturated heterocycles. The lowest BCUT2D eigenvalue weighted by Gasteiger charge is -2.24. The van der Waals surface area contributed by atoms with Crippen LogP contribution >= 0.6 is 11.6 Å². The van der Waals surface area contributed by atoms with Crippen LogP contribution in [0.3, 0.4) is 0 Å². The standard InChI is InChI=1S/C12H14ClFO2/c1-12(2,6-5-11(15)16)8-3-4-10(14)9(13)7-8/h3-4,7H,5-6H2,1-2H3,(H,15,16). The van der Waals surface area contributed by atoms with Crippen LogP contribution in [0.4, 0.5) is 4.39 Å². The molecule has 0 fully saturated rings. The first-order valence-corrected chi connectivity index (χ1v) is 5.38. The summed E-state index contributed by atoms with van der Waals surface area (Å²) in [5.74, 6) is -1.29. The second-order valence-corrected chi connectivity index (χ2v) is 4.81. The molecule has 0 aliphatic carbocycles. The van der Waals surface area contributed by atoms with Gasteiger partial charge >= 0.3 is 5.97 Å². The number of carboxylic acids is 1. The molecule has 0 aromatic heterocycles. The fourth-order valence-corrected chi connectivity index (χ4v) is 1.66. The zero-order chi connectivity index (χ0) is 12.3. The molecule has 0 bridgehead atoms. The van der Waals surface area contributed by atoms with Crippen molar-refractivity contribution >= 4 is 17.6 Å². The molecule has 0 heterocycles. The van der Waals surface area contributed by atoms with Crippen molar-refractivity contribution < 1.29 is 14.3 Å². The Morgan fingerprint density at radius 2 is 2.12 bits per heavy atom. The normalized spacial score (nSPS) is 11.5. The molecule has 0 amide bonds. The van der Waals surface area contributed by atoms with E-state index in [2.05, 4.69) is 0 Å².